The lowest BCUT2D eigenvalue weighted by Gasteiger charge is -1.99. The first kappa shape index (κ1) is 16.7. The third kappa shape index (κ3) is 4.34. The zero-order valence-corrected chi connectivity index (χ0v) is 11.7. The molecule has 0 amide bonds. The van der Waals surface area contributed by atoms with Crippen molar-refractivity contribution >= 4 is 17.5 Å². The number of aromatic carboxylic acids is 1. The van der Waals surface area contributed by atoms with E-state index in [1.807, 2.05) is 0 Å². The highest BCUT2D eigenvalue weighted by Gasteiger charge is 2.07. The number of non-ortho nitro benzene ring substituents is 1. The van der Waals surface area contributed by atoms with Gasteiger partial charge in [0.2, 0.25) is 5.75 Å². The average Bonchev–Trinajstić information content (AvgIpc) is 2.50. The summed E-state index contributed by atoms with van der Waals surface area (Å²) in [6, 6.07) is 8.21. The van der Waals surface area contributed by atoms with Crippen LogP contribution in [0.25, 0.3) is 0 Å². The number of nitrogens with two attached hydrogens (primary N) is 2. The Kier molecular flexibility index (Phi) is 5.64. The molecule has 0 saturated heterocycles. The number of nitro benzene ring substituents is 1. The summed E-state index contributed by atoms with van der Waals surface area (Å²) >= 11 is 0. The highest BCUT2D eigenvalue weighted by Crippen LogP contribution is 2.13. The Hall–Kier alpha value is -3.36. The largest absolute Gasteiger partial charge is 0.489 e. The van der Waals surface area contributed by atoms with Crippen molar-refractivity contribution in [1.29, 1.82) is 0 Å². The number of nitrogen functional groups attached to an aromatic ring is 2. The van der Waals surface area contributed by atoms with Crippen molar-refractivity contribution < 1.29 is 24.2 Å². The van der Waals surface area contributed by atoms with E-state index < -0.39 is 10.9 Å². The van der Waals surface area contributed by atoms with Crippen LogP contribution in [-0.2, 0) is 0 Å². The van der Waals surface area contributed by atoms with Crippen molar-refractivity contribution in [3.8, 4) is 5.75 Å². The molecule has 0 saturated carbocycles. The summed E-state index contributed by atoms with van der Waals surface area (Å²) in [6.07, 6.45) is 1.65. The van der Waals surface area contributed by atoms with Crippen molar-refractivity contribution in [3.63, 3.8) is 0 Å². The maximum Gasteiger partial charge on any atom is 0.338 e. The Labute approximate surface area is 125 Å². The van der Waals surface area contributed by atoms with Gasteiger partial charge in [-0.15, -0.1) is 4.68 Å². The van der Waals surface area contributed by atoms with Gasteiger partial charge in [0, 0.05) is 12.1 Å². The van der Waals surface area contributed by atoms with E-state index in [-0.39, 0.29) is 11.3 Å². The van der Waals surface area contributed by atoms with Gasteiger partial charge in [0.05, 0.1) is 17.6 Å². The quantitative estimate of drug-likeness (QED) is 0.325. The number of pyridine rings is 1. The summed E-state index contributed by atoms with van der Waals surface area (Å²) in [5.41, 5.74) is 5.44. The van der Waals surface area contributed by atoms with Crippen LogP contribution in [0.2, 0.25) is 0 Å². The molecule has 1 aromatic carbocycles. The van der Waals surface area contributed by atoms with E-state index in [9.17, 15) is 14.9 Å². The average molecular weight is 307 g/mol. The lowest BCUT2D eigenvalue weighted by molar-refractivity contribution is -0.624. The van der Waals surface area contributed by atoms with Gasteiger partial charge in [0.25, 0.3) is 5.69 Å². The predicted octanol–water partition coefficient (Wildman–Crippen LogP) is 0.572. The van der Waals surface area contributed by atoms with Crippen molar-refractivity contribution in [2.75, 3.05) is 18.7 Å². The number of hydrogen-bond donors (Lipinski definition) is 3. The van der Waals surface area contributed by atoms with E-state index >= 15 is 0 Å². The molecular weight excluding hydrogens is 292 g/mol. The number of nitrogens with zero attached hydrogens (tertiary/aromatic N) is 2. The number of benzene rings is 1. The molecule has 0 aliphatic heterocycles. The van der Waals surface area contributed by atoms with E-state index in [1.165, 1.54) is 16.8 Å². The molecule has 9 nitrogen and oxygen atoms in total. The number of ether oxygens (including phenoxy) is 1. The van der Waals surface area contributed by atoms with Gasteiger partial charge < -0.3 is 9.84 Å². The van der Waals surface area contributed by atoms with Gasteiger partial charge in [0.1, 0.15) is 6.20 Å². The molecule has 2 aromatic rings. The Bertz CT molecular complexity index is 640. The minimum atomic E-state index is -1.09. The lowest BCUT2D eigenvalue weighted by atomic mass is 10.2. The molecule has 2 rings (SSSR count). The smallest absolute Gasteiger partial charge is 0.338 e. The SMILES string of the molecule is COc1ccc[n+](N)c1N.O=C(O)c1ccc([N+](=O)[O-])cc1. The minimum absolute atomic E-state index is 0.0422. The second kappa shape index (κ2) is 7.43. The highest BCUT2D eigenvalue weighted by atomic mass is 16.6. The first-order valence-electron chi connectivity index (χ1n) is 5.93. The Morgan fingerprint density at radius 2 is 1.91 bits per heavy atom. The monoisotopic (exact) mass is 307 g/mol. The molecule has 0 bridgehead atoms. The topological polar surface area (TPSA) is 146 Å². The van der Waals surface area contributed by atoms with Crippen LogP contribution in [0.3, 0.4) is 0 Å². The number of anilines is 1. The van der Waals surface area contributed by atoms with Crippen molar-refractivity contribution in [3.05, 3.63) is 58.3 Å². The molecule has 116 valence electrons. The molecule has 0 spiro atoms. The van der Waals surface area contributed by atoms with Gasteiger partial charge in [-0.3, -0.25) is 21.7 Å². The van der Waals surface area contributed by atoms with Crippen LogP contribution >= 0.6 is 0 Å². The number of rotatable bonds is 3. The molecule has 0 unspecified atom stereocenters. The zero-order valence-electron chi connectivity index (χ0n) is 11.7. The molecule has 22 heavy (non-hydrogen) atoms. The van der Waals surface area contributed by atoms with Crippen molar-refractivity contribution in [2.24, 2.45) is 0 Å². The van der Waals surface area contributed by atoms with E-state index in [4.69, 9.17) is 21.4 Å². The molecule has 0 fully saturated rings. The number of carbonyl (C=O) groups is 1. The number of carboxylic acid groups (broad SMARTS) is 1. The Morgan fingerprint density at radius 1 is 1.32 bits per heavy atom. The third-order valence-electron chi connectivity index (χ3n) is 2.57. The highest BCUT2D eigenvalue weighted by molar-refractivity contribution is 5.87. The summed E-state index contributed by atoms with van der Waals surface area (Å²) in [5, 5.41) is 18.6. The molecular formula is C13H15N4O5+. The Balaban J connectivity index is 0.000000224. The van der Waals surface area contributed by atoms with Gasteiger partial charge in [-0.2, -0.15) is 0 Å². The van der Waals surface area contributed by atoms with E-state index in [2.05, 4.69) is 0 Å². The minimum Gasteiger partial charge on any atom is -0.489 e. The zero-order chi connectivity index (χ0) is 16.7. The van der Waals surface area contributed by atoms with E-state index in [0.717, 1.165) is 12.1 Å². The van der Waals surface area contributed by atoms with Crippen LogP contribution in [0, 0.1) is 10.1 Å². The fourth-order valence-corrected chi connectivity index (χ4v) is 1.41. The van der Waals surface area contributed by atoms with Gasteiger partial charge in [-0.1, -0.05) is 0 Å². The van der Waals surface area contributed by atoms with Gasteiger partial charge in [-0.05, 0) is 24.3 Å². The molecule has 1 aromatic heterocycles. The standard InChI is InChI=1S/C7H5NO4.C6H9N3O/c9-7(10)5-1-3-6(4-2-5)8(11)12;1-10-5-3-2-4-9(8)6(5)7/h1-4H,(H,9,10);2-4,7H,8H2,1H3/p+1. The maximum atomic E-state index is 10.3. The number of aromatic nitrogens is 1. The van der Waals surface area contributed by atoms with Gasteiger partial charge >= 0.3 is 11.8 Å². The molecule has 0 aliphatic carbocycles. The number of nitro groups is 1. The van der Waals surface area contributed by atoms with E-state index in [1.54, 1.807) is 25.4 Å². The maximum absolute atomic E-state index is 10.3. The van der Waals surface area contributed by atoms with Crippen LogP contribution in [0.1, 0.15) is 10.4 Å². The number of methoxy groups -OCH3 is 1. The van der Waals surface area contributed by atoms with E-state index in [0.29, 0.717) is 11.6 Å². The van der Waals surface area contributed by atoms with Crippen LogP contribution in [0.5, 0.6) is 5.75 Å². The van der Waals surface area contributed by atoms with Crippen LogP contribution in [0.4, 0.5) is 11.5 Å². The molecule has 1 heterocycles. The summed E-state index contributed by atoms with van der Waals surface area (Å²) < 4.78 is 6.20. The lowest BCUT2D eigenvalue weighted by Crippen LogP contribution is -2.46. The number of hydrogen-bond acceptors (Lipinski definition) is 6. The summed E-state index contributed by atoms with van der Waals surface area (Å²) in [6.45, 7) is 0. The summed E-state index contributed by atoms with van der Waals surface area (Å²) in [7, 11) is 1.55. The van der Waals surface area contributed by atoms with Crippen molar-refractivity contribution in [1.82, 2.24) is 0 Å². The van der Waals surface area contributed by atoms with Gasteiger partial charge in [0.15, 0.2) is 0 Å². The Morgan fingerprint density at radius 3 is 2.32 bits per heavy atom. The summed E-state index contributed by atoms with van der Waals surface area (Å²) in [5.74, 6) is 5.32. The fourth-order valence-electron chi connectivity index (χ4n) is 1.41. The van der Waals surface area contributed by atoms with Gasteiger partial charge in [-0.25, -0.2) is 4.79 Å². The second-order valence-corrected chi connectivity index (χ2v) is 3.98. The first-order chi connectivity index (χ1) is 10.4. The second-order valence-electron chi connectivity index (χ2n) is 3.98. The normalized spacial score (nSPS) is 9.32. The first-order valence-corrected chi connectivity index (χ1v) is 5.93. The third-order valence-corrected chi connectivity index (χ3v) is 2.57. The van der Waals surface area contributed by atoms with Crippen LogP contribution < -0.4 is 21.0 Å². The fraction of sp³-hybridized carbons (Fsp3) is 0.0769. The molecule has 0 radical (unpaired) electrons. The molecule has 0 aliphatic rings. The number of carboxylic acids is 1. The van der Waals surface area contributed by atoms with Crippen molar-refractivity contribution in [2.45, 2.75) is 0 Å². The molecule has 5 N–H and O–H groups in total. The van der Waals surface area contributed by atoms with Crippen LogP contribution in [0.15, 0.2) is 42.6 Å². The predicted molar refractivity (Wildman–Crippen MR) is 77.8 cm³/mol. The molecule has 0 atom stereocenters. The molecule has 9 heteroatoms. The van der Waals surface area contributed by atoms with Crippen LogP contribution in [-0.4, -0.2) is 23.1 Å². The summed E-state index contributed by atoms with van der Waals surface area (Å²) in [4.78, 5) is 19.9.